The molecule has 0 saturated carbocycles. The molecule has 1 aliphatic rings. The zero-order valence-electron chi connectivity index (χ0n) is 13.4. The Morgan fingerprint density at radius 1 is 0.857 bits per heavy atom. The van der Waals surface area contributed by atoms with E-state index in [4.69, 9.17) is 0 Å². The molecule has 0 amide bonds. The van der Waals surface area contributed by atoms with Crippen LogP contribution in [-0.4, -0.2) is 12.2 Å². The van der Waals surface area contributed by atoms with Crippen molar-refractivity contribution in [3.8, 4) is 0 Å². The van der Waals surface area contributed by atoms with Crippen molar-refractivity contribution >= 4 is 17.1 Å². The van der Waals surface area contributed by atoms with Crippen LogP contribution in [0, 0.1) is 5.92 Å². The van der Waals surface area contributed by atoms with E-state index in [-0.39, 0.29) is 5.54 Å². The molecule has 0 atom stereocenters. The SMILES string of the molecule is CC(C)C(C)(C)N1CN(c2ccccc2)c2ccccc21. The summed E-state index contributed by atoms with van der Waals surface area (Å²) in [4.78, 5) is 4.93. The molecular formula is C19H24N2. The number of nitrogens with zero attached hydrogens (tertiary/aromatic N) is 2. The Kier molecular flexibility index (Phi) is 3.40. The summed E-state index contributed by atoms with van der Waals surface area (Å²) in [5.41, 5.74) is 4.02. The fourth-order valence-electron chi connectivity index (χ4n) is 2.85. The van der Waals surface area contributed by atoms with Crippen LogP contribution in [0.15, 0.2) is 54.6 Å². The van der Waals surface area contributed by atoms with Crippen LogP contribution >= 0.6 is 0 Å². The Hall–Kier alpha value is -1.96. The second kappa shape index (κ2) is 5.10. The number of rotatable bonds is 3. The molecule has 0 N–H and O–H groups in total. The highest BCUT2D eigenvalue weighted by atomic mass is 15.4. The topological polar surface area (TPSA) is 6.48 Å². The van der Waals surface area contributed by atoms with Crippen LogP contribution in [0.5, 0.6) is 0 Å². The number of hydrogen-bond donors (Lipinski definition) is 0. The predicted octanol–water partition coefficient (Wildman–Crippen LogP) is 5.04. The minimum absolute atomic E-state index is 0.125. The highest BCUT2D eigenvalue weighted by molar-refractivity contribution is 5.82. The molecule has 2 heteroatoms. The molecule has 2 nitrogen and oxygen atoms in total. The van der Waals surface area contributed by atoms with E-state index >= 15 is 0 Å². The molecule has 110 valence electrons. The van der Waals surface area contributed by atoms with Crippen LogP contribution in [0.4, 0.5) is 17.1 Å². The number of benzene rings is 2. The van der Waals surface area contributed by atoms with E-state index in [0.29, 0.717) is 5.92 Å². The minimum Gasteiger partial charge on any atom is -0.346 e. The molecule has 0 aliphatic carbocycles. The number of anilines is 3. The molecule has 0 saturated heterocycles. The molecule has 0 unspecified atom stereocenters. The smallest absolute Gasteiger partial charge is 0.0958 e. The van der Waals surface area contributed by atoms with Crippen LogP contribution < -0.4 is 9.80 Å². The summed E-state index contributed by atoms with van der Waals surface area (Å²) in [6.45, 7) is 10.2. The minimum atomic E-state index is 0.125. The van der Waals surface area contributed by atoms with Gasteiger partial charge in [0.25, 0.3) is 0 Å². The van der Waals surface area contributed by atoms with Gasteiger partial charge in [0.15, 0.2) is 0 Å². The Bertz CT molecular complexity index is 616. The average molecular weight is 280 g/mol. The summed E-state index contributed by atoms with van der Waals surface area (Å²) < 4.78 is 0. The van der Waals surface area contributed by atoms with E-state index < -0.39 is 0 Å². The Morgan fingerprint density at radius 3 is 2.05 bits per heavy atom. The first-order valence-corrected chi connectivity index (χ1v) is 7.71. The standard InChI is InChI=1S/C19H24N2/c1-15(2)19(3,4)21-14-20(16-10-6-5-7-11-16)17-12-8-9-13-18(17)21/h5-13,15H,14H2,1-4H3. The largest absolute Gasteiger partial charge is 0.346 e. The molecule has 2 aromatic rings. The second-order valence-electron chi connectivity index (χ2n) is 6.63. The summed E-state index contributed by atoms with van der Waals surface area (Å²) in [5, 5.41) is 0. The van der Waals surface area contributed by atoms with Crippen LogP contribution in [0.3, 0.4) is 0 Å². The van der Waals surface area contributed by atoms with E-state index in [1.54, 1.807) is 0 Å². The molecule has 0 aromatic heterocycles. The van der Waals surface area contributed by atoms with E-state index in [1.807, 2.05) is 0 Å². The van der Waals surface area contributed by atoms with E-state index in [1.165, 1.54) is 17.1 Å². The van der Waals surface area contributed by atoms with Gasteiger partial charge < -0.3 is 9.80 Å². The Labute approximate surface area is 128 Å². The molecule has 0 radical (unpaired) electrons. The van der Waals surface area contributed by atoms with Crippen molar-refractivity contribution in [3.05, 3.63) is 54.6 Å². The number of para-hydroxylation sites is 3. The van der Waals surface area contributed by atoms with Crippen LogP contribution in [0.2, 0.25) is 0 Å². The zero-order valence-corrected chi connectivity index (χ0v) is 13.4. The summed E-state index contributed by atoms with van der Waals surface area (Å²) in [5.74, 6) is 0.585. The third kappa shape index (κ3) is 2.29. The lowest BCUT2D eigenvalue weighted by Crippen LogP contribution is -2.48. The summed E-state index contributed by atoms with van der Waals surface area (Å²) >= 11 is 0. The maximum Gasteiger partial charge on any atom is 0.0958 e. The summed E-state index contributed by atoms with van der Waals surface area (Å²) in [6.07, 6.45) is 0. The van der Waals surface area contributed by atoms with Crippen LogP contribution in [0.1, 0.15) is 27.7 Å². The molecule has 3 rings (SSSR count). The highest BCUT2D eigenvalue weighted by Gasteiger charge is 2.37. The first-order valence-electron chi connectivity index (χ1n) is 7.71. The van der Waals surface area contributed by atoms with E-state index in [0.717, 1.165) is 6.67 Å². The van der Waals surface area contributed by atoms with Gasteiger partial charge in [-0.05, 0) is 44.0 Å². The Morgan fingerprint density at radius 2 is 1.43 bits per heavy atom. The van der Waals surface area contributed by atoms with Crippen LogP contribution in [0.25, 0.3) is 0 Å². The van der Waals surface area contributed by atoms with Crippen molar-refractivity contribution in [2.45, 2.75) is 33.2 Å². The van der Waals surface area contributed by atoms with Gasteiger partial charge in [-0.25, -0.2) is 0 Å². The molecule has 0 spiro atoms. The van der Waals surface area contributed by atoms with Crippen molar-refractivity contribution in [3.63, 3.8) is 0 Å². The third-order valence-electron chi connectivity index (χ3n) is 4.92. The molecule has 0 bridgehead atoms. The van der Waals surface area contributed by atoms with Gasteiger partial charge >= 0.3 is 0 Å². The van der Waals surface area contributed by atoms with Crippen molar-refractivity contribution in [2.24, 2.45) is 5.92 Å². The van der Waals surface area contributed by atoms with Gasteiger partial charge in [0, 0.05) is 11.2 Å². The normalized spacial score (nSPS) is 14.7. The fourth-order valence-corrected chi connectivity index (χ4v) is 2.85. The third-order valence-corrected chi connectivity index (χ3v) is 4.92. The van der Waals surface area contributed by atoms with Gasteiger partial charge in [-0.1, -0.05) is 44.2 Å². The summed E-state index contributed by atoms with van der Waals surface area (Å²) in [7, 11) is 0. The van der Waals surface area contributed by atoms with Gasteiger partial charge in [-0.15, -0.1) is 0 Å². The van der Waals surface area contributed by atoms with Gasteiger partial charge in [0.1, 0.15) is 0 Å². The van der Waals surface area contributed by atoms with Crippen molar-refractivity contribution in [1.82, 2.24) is 0 Å². The quantitative estimate of drug-likeness (QED) is 0.777. The van der Waals surface area contributed by atoms with Gasteiger partial charge in [-0.3, -0.25) is 0 Å². The van der Waals surface area contributed by atoms with Crippen molar-refractivity contribution in [1.29, 1.82) is 0 Å². The second-order valence-corrected chi connectivity index (χ2v) is 6.63. The van der Waals surface area contributed by atoms with Crippen molar-refractivity contribution in [2.75, 3.05) is 16.5 Å². The Balaban J connectivity index is 2.05. The zero-order chi connectivity index (χ0) is 15.0. The molecule has 0 fully saturated rings. The molecule has 1 heterocycles. The molecular weight excluding hydrogens is 256 g/mol. The molecule has 2 aromatic carbocycles. The van der Waals surface area contributed by atoms with Gasteiger partial charge in [-0.2, -0.15) is 0 Å². The summed E-state index contributed by atoms with van der Waals surface area (Å²) in [6, 6.07) is 19.4. The fraction of sp³-hybridized carbons (Fsp3) is 0.368. The predicted molar refractivity (Wildman–Crippen MR) is 91.3 cm³/mol. The maximum absolute atomic E-state index is 2.53. The van der Waals surface area contributed by atoms with E-state index in [9.17, 15) is 0 Å². The first kappa shape index (κ1) is 14.0. The first-order chi connectivity index (χ1) is 10.0. The average Bonchev–Trinajstić information content (AvgIpc) is 2.88. The van der Waals surface area contributed by atoms with Gasteiger partial charge in [0.2, 0.25) is 0 Å². The highest BCUT2D eigenvalue weighted by Crippen LogP contribution is 2.44. The number of fused-ring (bicyclic) bond motifs is 1. The lowest BCUT2D eigenvalue weighted by atomic mass is 9.88. The van der Waals surface area contributed by atoms with Crippen LogP contribution in [-0.2, 0) is 0 Å². The van der Waals surface area contributed by atoms with E-state index in [2.05, 4.69) is 92.1 Å². The lowest BCUT2D eigenvalue weighted by molar-refractivity contribution is 0.346. The maximum atomic E-state index is 2.53. The van der Waals surface area contributed by atoms with Gasteiger partial charge in [0.05, 0.1) is 18.0 Å². The molecule has 1 aliphatic heterocycles. The molecule has 21 heavy (non-hydrogen) atoms. The monoisotopic (exact) mass is 280 g/mol. The number of hydrogen-bond acceptors (Lipinski definition) is 2. The lowest BCUT2D eigenvalue weighted by Gasteiger charge is -2.41. The van der Waals surface area contributed by atoms with Crippen molar-refractivity contribution < 1.29 is 0 Å².